The Hall–Kier alpha value is -2.54. The monoisotopic (exact) mass is 448 g/mol. The third kappa shape index (κ3) is 6.88. The van der Waals surface area contributed by atoms with E-state index in [1.54, 1.807) is 31.4 Å². The molecule has 0 bridgehead atoms. The van der Waals surface area contributed by atoms with E-state index in [1.165, 1.54) is 0 Å². The van der Waals surface area contributed by atoms with Gasteiger partial charge in [-0.25, -0.2) is 9.59 Å². The highest BCUT2D eigenvalue weighted by molar-refractivity contribution is 9.10. The van der Waals surface area contributed by atoms with Crippen LogP contribution in [0.25, 0.3) is 0 Å². The lowest BCUT2D eigenvalue weighted by Crippen LogP contribution is -2.30. The van der Waals surface area contributed by atoms with Gasteiger partial charge in [-0.1, -0.05) is 19.4 Å². The lowest BCUT2D eigenvalue weighted by atomic mass is 10.1. The van der Waals surface area contributed by atoms with Crippen molar-refractivity contribution in [1.29, 1.82) is 0 Å². The third-order valence-electron chi connectivity index (χ3n) is 4.02. The van der Waals surface area contributed by atoms with Gasteiger partial charge in [-0.05, 0) is 70.7 Å². The lowest BCUT2D eigenvalue weighted by Gasteiger charge is -2.09. The second-order valence-corrected chi connectivity index (χ2v) is 7.02. The normalized spacial score (nSPS) is 10.2. The Morgan fingerprint density at radius 1 is 1.11 bits per heavy atom. The molecule has 0 heterocycles. The maximum absolute atomic E-state index is 12.0. The number of rotatable bonds is 9. The highest BCUT2D eigenvalue weighted by Gasteiger charge is 2.08. The van der Waals surface area contributed by atoms with Crippen molar-refractivity contribution in [2.75, 3.05) is 25.6 Å². The molecule has 6 nitrogen and oxygen atoms in total. The first kappa shape index (κ1) is 21.8. The minimum Gasteiger partial charge on any atom is -0.496 e. The van der Waals surface area contributed by atoms with Gasteiger partial charge >= 0.3 is 12.0 Å². The predicted molar refractivity (Wildman–Crippen MR) is 113 cm³/mol. The van der Waals surface area contributed by atoms with Gasteiger partial charge in [0.15, 0.2) is 0 Å². The Balaban J connectivity index is 1.76. The second kappa shape index (κ2) is 11.3. The van der Waals surface area contributed by atoms with Gasteiger partial charge in [0, 0.05) is 12.2 Å². The van der Waals surface area contributed by atoms with Gasteiger partial charge in [-0.2, -0.15) is 0 Å². The first-order valence-corrected chi connectivity index (χ1v) is 9.97. The van der Waals surface area contributed by atoms with Crippen LogP contribution in [0.2, 0.25) is 0 Å². The van der Waals surface area contributed by atoms with Crippen molar-refractivity contribution >= 4 is 33.6 Å². The SMILES string of the molecule is CCCCOC(=O)c1ccc(NC(=O)NCCc2ccc(OC)c(Br)c2)cc1. The zero-order chi connectivity index (χ0) is 20.4. The maximum Gasteiger partial charge on any atom is 0.338 e. The van der Waals surface area contributed by atoms with Crippen LogP contribution in [0.4, 0.5) is 10.5 Å². The predicted octanol–water partition coefficient (Wildman–Crippen LogP) is 4.78. The fraction of sp³-hybridized carbons (Fsp3) is 0.333. The number of methoxy groups -OCH3 is 1. The number of esters is 1. The highest BCUT2D eigenvalue weighted by Crippen LogP contribution is 2.25. The van der Waals surface area contributed by atoms with Crippen molar-refractivity contribution in [1.82, 2.24) is 5.32 Å². The van der Waals surface area contributed by atoms with Crippen LogP contribution in [-0.4, -0.2) is 32.3 Å². The molecule has 0 spiro atoms. The van der Waals surface area contributed by atoms with Gasteiger partial charge in [-0.15, -0.1) is 0 Å². The lowest BCUT2D eigenvalue weighted by molar-refractivity contribution is 0.0500. The molecule has 0 fully saturated rings. The third-order valence-corrected chi connectivity index (χ3v) is 4.64. The van der Waals surface area contributed by atoms with Gasteiger partial charge in [0.25, 0.3) is 0 Å². The maximum atomic E-state index is 12.0. The van der Waals surface area contributed by atoms with E-state index in [1.807, 2.05) is 25.1 Å². The van der Waals surface area contributed by atoms with Crippen molar-refractivity contribution in [3.05, 3.63) is 58.1 Å². The summed E-state index contributed by atoms with van der Waals surface area (Å²) in [4.78, 5) is 23.9. The van der Waals surface area contributed by atoms with E-state index in [9.17, 15) is 9.59 Å². The first-order chi connectivity index (χ1) is 13.5. The Bertz CT molecular complexity index is 793. The van der Waals surface area contributed by atoms with E-state index in [4.69, 9.17) is 9.47 Å². The Labute approximate surface area is 173 Å². The second-order valence-electron chi connectivity index (χ2n) is 6.17. The largest absolute Gasteiger partial charge is 0.496 e. The van der Waals surface area contributed by atoms with Crippen LogP contribution < -0.4 is 15.4 Å². The Kier molecular flexibility index (Phi) is 8.81. The molecule has 0 aromatic heterocycles. The molecule has 2 rings (SSSR count). The molecule has 2 aromatic rings. The first-order valence-electron chi connectivity index (χ1n) is 9.18. The number of hydrogen-bond acceptors (Lipinski definition) is 4. The van der Waals surface area contributed by atoms with Crippen molar-refractivity contribution < 1.29 is 19.1 Å². The molecule has 0 unspecified atom stereocenters. The number of anilines is 1. The van der Waals surface area contributed by atoms with Crippen LogP contribution in [-0.2, 0) is 11.2 Å². The zero-order valence-corrected chi connectivity index (χ0v) is 17.7. The number of amides is 2. The molecule has 0 aliphatic heterocycles. The molecule has 2 amide bonds. The smallest absolute Gasteiger partial charge is 0.338 e. The van der Waals surface area contributed by atoms with E-state index in [2.05, 4.69) is 26.6 Å². The van der Waals surface area contributed by atoms with Crippen LogP contribution in [0.3, 0.4) is 0 Å². The summed E-state index contributed by atoms with van der Waals surface area (Å²) in [5, 5.41) is 5.56. The van der Waals surface area contributed by atoms with Gasteiger partial charge in [0.2, 0.25) is 0 Å². The number of carbonyl (C=O) groups excluding carboxylic acids is 2. The molecule has 150 valence electrons. The summed E-state index contributed by atoms with van der Waals surface area (Å²) < 4.78 is 11.2. The summed E-state index contributed by atoms with van der Waals surface area (Å²) in [7, 11) is 1.62. The van der Waals surface area contributed by atoms with Crippen molar-refractivity contribution in [3.8, 4) is 5.75 Å². The number of hydrogen-bond donors (Lipinski definition) is 2. The Morgan fingerprint density at radius 2 is 1.86 bits per heavy atom. The quantitative estimate of drug-likeness (QED) is 0.427. The molecule has 0 radical (unpaired) electrons. The number of ether oxygens (including phenoxy) is 2. The van der Waals surface area contributed by atoms with Crippen LogP contribution >= 0.6 is 15.9 Å². The van der Waals surface area contributed by atoms with E-state index in [0.717, 1.165) is 28.6 Å². The van der Waals surface area contributed by atoms with Gasteiger partial charge < -0.3 is 20.1 Å². The number of urea groups is 1. The molecular weight excluding hydrogens is 424 g/mol. The number of carbonyl (C=O) groups is 2. The number of halogens is 1. The summed E-state index contributed by atoms with van der Waals surface area (Å²) in [5.41, 5.74) is 2.15. The number of unbranched alkanes of at least 4 members (excludes halogenated alkanes) is 1. The fourth-order valence-electron chi connectivity index (χ4n) is 2.44. The molecule has 0 saturated carbocycles. The molecule has 2 aromatic carbocycles. The standard InChI is InChI=1S/C21H25BrN2O4/c1-3-4-13-28-20(25)16-6-8-17(9-7-16)24-21(26)23-12-11-15-5-10-19(27-2)18(22)14-15/h5-10,14H,3-4,11-13H2,1-2H3,(H2,23,24,26). The molecule has 0 atom stereocenters. The molecule has 7 heteroatoms. The van der Waals surface area contributed by atoms with Crippen LogP contribution in [0.15, 0.2) is 46.9 Å². The highest BCUT2D eigenvalue weighted by atomic mass is 79.9. The number of nitrogens with one attached hydrogen (secondary N) is 2. The molecule has 28 heavy (non-hydrogen) atoms. The summed E-state index contributed by atoms with van der Waals surface area (Å²) in [5.74, 6) is 0.419. The topological polar surface area (TPSA) is 76.7 Å². The van der Waals surface area contributed by atoms with Gasteiger partial charge in [0.1, 0.15) is 5.75 Å². The molecular formula is C21H25BrN2O4. The molecule has 0 aliphatic carbocycles. The van der Waals surface area contributed by atoms with Crippen LogP contribution in [0.5, 0.6) is 5.75 Å². The number of benzene rings is 2. The zero-order valence-electron chi connectivity index (χ0n) is 16.1. The average Bonchev–Trinajstić information content (AvgIpc) is 2.69. The fourth-order valence-corrected chi connectivity index (χ4v) is 3.03. The van der Waals surface area contributed by atoms with Crippen molar-refractivity contribution in [3.63, 3.8) is 0 Å². The van der Waals surface area contributed by atoms with Crippen LogP contribution in [0.1, 0.15) is 35.7 Å². The van der Waals surface area contributed by atoms with Crippen LogP contribution in [0, 0.1) is 0 Å². The van der Waals surface area contributed by atoms with Gasteiger partial charge in [0.05, 0.1) is 23.8 Å². The molecule has 0 aliphatic rings. The molecule has 0 saturated heterocycles. The van der Waals surface area contributed by atoms with E-state index in [-0.39, 0.29) is 12.0 Å². The summed E-state index contributed by atoms with van der Waals surface area (Å²) in [6, 6.07) is 12.1. The van der Waals surface area contributed by atoms with E-state index < -0.39 is 0 Å². The summed E-state index contributed by atoms with van der Waals surface area (Å²) in [6.07, 6.45) is 2.51. The van der Waals surface area contributed by atoms with Gasteiger partial charge in [-0.3, -0.25) is 0 Å². The van der Waals surface area contributed by atoms with E-state index >= 15 is 0 Å². The summed E-state index contributed by atoms with van der Waals surface area (Å²) in [6.45, 7) is 2.95. The molecule has 2 N–H and O–H groups in total. The minimum absolute atomic E-state index is 0.300. The Morgan fingerprint density at radius 3 is 2.50 bits per heavy atom. The average molecular weight is 449 g/mol. The van der Waals surface area contributed by atoms with Crippen molar-refractivity contribution in [2.24, 2.45) is 0 Å². The van der Waals surface area contributed by atoms with Crippen molar-refractivity contribution in [2.45, 2.75) is 26.2 Å². The van der Waals surface area contributed by atoms with E-state index in [0.29, 0.717) is 30.8 Å². The minimum atomic E-state index is -0.352. The summed E-state index contributed by atoms with van der Waals surface area (Å²) >= 11 is 3.45.